The molecule has 1 atom stereocenters. The van der Waals surface area contributed by atoms with E-state index in [9.17, 15) is 9.59 Å². The molecule has 1 aromatic rings. The van der Waals surface area contributed by atoms with Gasteiger partial charge in [0.25, 0.3) is 5.91 Å². The van der Waals surface area contributed by atoms with E-state index in [0.29, 0.717) is 18.7 Å². The highest BCUT2D eigenvalue weighted by Crippen LogP contribution is 2.29. The minimum Gasteiger partial charge on any atom is -0.466 e. The van der Waals surface area contributed by atoms with E-state index >= 15 is 0 Å². The van der Waals surface area contributed by atoms with E-state index in [1.165, 1.54) is 0 Å². The maximum atomic E-state index is 12.5. The van der Waals surface area contributed by atoms with Crippen molar-refractivity contribution in [2.24, 2.45) is 5.92 Å². The Morgan fingerprint density at radius 3 is 2.80 bits per heavy atom. The molecule has 0 N–H and O–H groups in total. The fourth-order valence-corrected chi connectivity index (χ4v) is 2.09. The lowest BCUT2D eigenvalue weighted by Crippen LogP contribution is -2.39. The van der Waals surface area contributed by atoms with E-state index in [2.05, 4.69) is 4.98 Å². The van der Waals surface area contributed by atoms with E-state index in [0.717, 1.165) is 12.8 Å². The molecule has 1 amide bonds. The standard InChI is InChI=1S/C15H20N2O3/c1-3-20-15(19)11(2)10-17(13-6-7-13)14(18)12-5-4-8-16-9-12/h4-5,8-9,11,13H,3,6-7,10H2,1-2H3. The smallest absolute Gasteiger partial charge is 0.310 e. The third-order valence-corrected chi connectivity index (χ3v) is 3.32. The predicted molar refractivity (Wildman–Crippen MR) is 74.1 cm³/mol. The lowest BCUT2D eigenvalue weighted by molar-refractivity contribution is -0.147. The molecule has 1 aliphatic rings. The van der Waals surface area contributed by atoms with Crippen LogP contribution >= 0.6 is 0 Å². The van der Waals surface area contributed by atoms with Gasteiger partial charge in [0.2, 0.25) is 0 Å². The Kier molecular flexibility index (Phi) is 4.71. The van der Waals surface area contributed by atoms with E-state index in [-0.39, 0.29) is 23.8 Å². The number of pyridine rings is 1. The number of carbonyl (C=O) groups is 2. The fourth-order valence-electron chi connectivity index (χ4n) is 2.09. The van der Waals surface area contributed by atoms with Crippen molar-refractivity contribution in [2.45, 2.75) is 32.7 Å². The lowest BCUT2D eigenvalue weighted by atomic mass is 10.1. The monoisotopic (exact) mass is 276 g/mol. The first-order valence-corrected chi connectivity index (χ1v) is 7.01. The molecule has 0 spiro atoms. The summed E-state index contributed by atoms with van der Waals surface area (Å²) in [6.07, 6.45) is 5.20. The van der Waals surface area contributed by atoms with Crippen molar-refractivity contribution < 1.29 is 14.3 Å². The lowest BCUT2D eigenvalue weighted by Gasteiger charge is -2.25. The second-order valence-electron chi connectivity index (χ2n) is 5.08. The van der Waals surface area contributed by atoms with Crippen LogP contribution in [0, 0.1) is 5.92 Å². The Labute approximate surface area is 118 Å². The molecule has 1 fully saturated rings. The van der Waals surface area contributed by atoms with Crippen molar-refractivity contribution in [3.05, 3.63) is 30.1 Å². The highest BCUT2D eigenvalue weighted by molar-refractivity contribution is 5.94. The number of esters is 1. The first-order valence-electron chi connectivity index (χ1n) is 7.01. The van der Waals surface area contributed by atoms with Gasteiger partial charge in [0, 0.05) is 25.0 Å². The molecule has 108 valence electrons. The Morgan fingerprint density at radius 1 is 1.50 bits per heavy atom. The zero-order chi connectivity index (χ0) is 14.5. The summed E-state index contributed by atoms with van der Waals surface area (Å²) in [7, 11) is 0. The third-order valence-electron chi connectivity index (χ3n) is 3.32. The van der Waals surface area contributed by atoms with Crippen LogP contribution in [-0.2, 0) is 9.53 Å². The molecule has 1 unspecified atom stereocenters. The predicted octanol–water partition coefficient (Wildman–Crippen LogP) is 1.89. The summed E-state index contributed by atoms with van der Waals surface area (Å²) in [5, 5.41) is 0. The Hall–Kier alpha value is -1.91. The number of carbonyl (C=O) groups excluding carboxylic acids is 2. The Balaban J connectivity index is 2.04. The van der Waals surface area contributed by atoms with E-state index in [4.69, 9.17) is 4.74 Å². The van der Waals surface area contributed by atoms with Gasteiger partial charge in [-0.2, -0.15) is 0 Å². The van der Waals surface area contributed by atoms with Crippen LogP contribution in [0.1, 0.15) is 37.0 Å². The van der Waals surface area contributed by atoms with E-state index in [1.807, 2.05) is 0 Å². The number of ether oxygens (including phenoxy) is 1. The maximum Gasteiger partial charge on any atom is 0.310 e. The largest absolute Gasteiger partial charge is 0.466 e. The highest BCUT2D eigenvalue weighted by Gasteiger charge is 2.35. The average molecular weight is 276 g/mol. The van der Waals surface area contributed by atoms with Gasteiger partial charge in [-0.15, -0.1) is 0 Å². The number of aromatic nitrogens is 1. The number of rotatable bonds is 6. The van der Waals surface area contributed by atoms with Crippen LogP contribution < -0.4 is 0 Å². The molecule has 2 rings (SSSR count). The van der Waals surface area contributed by atoms with Gasteiger partial charge in [-0.1, -0.05) is 6.92 Å². The van der Waals surface area contributed by atoms with E-state index in [1.54, 1.807) is 43.3 Å². The molecule has 0 bridgehead atoms. The minimum absolute atomic E-state index is 0.0586. The van der Waals surface area contributed by atoms with Crippen LogP contribution in [0.15, 0.2) is 24.5 Å². The second-order valence-corrected chi connectivity index (χ2v) is 5.08. The van der Waals surface area contributed by atoms with Crippen LogP contribution in [0.3, 0.4) is 0 Å². The molecule has 0 radical (unpaired) electrons. The quantitative estimate of drug-likeness (QED) is 0.744. The fraction of sp³-hybridized carbons (Fsp3) is 0.533. The summed E-state index contributed by atoms with van der Waals surface area (Å²) >= 11 is 0. The molecule has 1 aliphatic carbocycles. The SMILES string of the molecule is CCOC(=O)C(C)CN(C(=O)c1cccnc1)C1CC1. The molecular formula is C15H20N2O3. The van der Waals surface area contributed by atoms with Crippen molar-refractivity contribution in [1.82, 2.24) is 9.88 Å². The Morgan fingerprint density at radius 2 is 2.25 bits per heavy atom. The van der Waals surface area contributed by atoms with Gasteiger partial charge in [-0.05, 0) is 31.9 Å². The zero-order valence-electron chi connectivity index (χ0n) is 11.9. The average Bonchev–Trinajstić information content (AvgIpc) is 3.29. The highest BCUT2D eigenvalue weighted by atomic mass is 16.5. The summed E-state index contributed by atoms with van der Waals surface area (Å²) in [4.78, 5) is 29.9. The zero-order valence-corrected chi connectivity index (χ0v) is 11.9. The minimum atomic E-state index is -0.309. The van der Waals surface area contributed by atoms with Crippen molar-refractivity contribution in [2.75, 3.05) is 13.2 Å². The second kappa shape index (κ2) is 6.50. The van der Waals surface area contributed by atoms with Crippen LogP contribution in [-0.4, -0.2) is 41.0 Å². The molecule has 1 heterocycles. The third kappa shape index (κ3) is 3.56. The summed E-state index contributed by atoms with van der Waals surface area (Å²) in [5.41, 5.74) is 0.565. The molecule has 5 nitrogen and oxygen atoms in total. The molecule has 20 heavy (non-hydrogen) atoms. The van der Waals surface area contributed by atoms with Crippen LogP contribution in [0.25, 0.3) is 0 Å². The van der Waals surface area contributed by atoms with Crippen molar-refractivity contribution in [1.29, 1.82) is 0 Å². The van der Waals surface area contributed by atoms with Gasteiger partial charge < -0.3 is 9.64 Å². The van der Waals surface area contributed by atoms with Gasteiger partial charge in [-0.25, -0.2) is 0 Å². The van der Waals surface area contributed by atoms with Gasteiger partial charge in [-0.3, -0.25) is 14.6 Å². The molecule has 0 saturated heterocycles. The summed E-state index contributed by atoms with van der Waals surface area (Å²) < 4.78 is 5.00. The van der Waals surface area contributed by atoms with Crippen molar-refractivity contribution in [3.63, 3.8) is 0 Å². The molecule has 0 aromatic carbocycles. The topological polar surface area (TPSA) is 59.5 Å². The number of hydrogen-bond acceptors (Lipinski definition) is 4. The van der Waals surface area contributed by atoms with Gasteiger partial charge in [0.05, 0.1) is 18.1 Å². The molecule has 0 aliphatic heterocycles. The molecule has 1 saturated carbocycles. The number of amides is 1. The molecular weight excluding hydrogens is 256 g/mol. The van der Waals surface area contributed by atoms with Crippen molar-refractivity contribution in [3.8, 4) is 0 Å². The Bertz CT molecular complexity index is 471. The molecule has 5 heteroatoms. The maximum absolute atomic E-state index is 12.5. The number of nitrogens with zero attached hydrogens (tertiary/aromatic N) is 2. The van der Waals surface area contributed by atoms with Gasteiger partial charge in [0.1, 0.15) is 0 Å². The molecule has 1 aromatic heterocycles. The van der Waals surface area contributed by atoms with Crippen LogP contribution in [0.4, 0.5) is 0 Å². The normalized spacial score (nSPS) is 15.5. The summed E-state index contributed by atoms with van der Waals surface area (Å²) in [6, 6.07) is 3.74. The van der Waals surface area contributed by atoms with Crippen LogP contribution in [0.5, 0.6) is 0 Å². The van der Waals surface area contributed by atoms with Crippen molar-refractivity contribution >= 4 is 11.9 Å². The van der Waals surface area contributed by atoms with Crippen LogP contribution in [0.2, 0.25) is 0 Å². The summed E-state index contributed by atoms with van der Waals surface area (Å²) in [6.45, 7) is 4.34. The van der Waals surface area contributed by atoms with Gasteiger partial charge in [0.15, 0.2) is 0 Å². The first-order chi connectivity index (χ1) is 9.63. The van der Waals surface area contributed by atoms with Gasteiger partial charge >= 0.3 is 5.97 Å². The van der Waals surface area contributed by atoms with E-state index < -0.39 is 0 Å². The first kappa shape index (κ1) is 14.5. The number of hydrogen-bond donors (Lipinski definition) is 0. The summed E-state index contributed by atoms with van der Waals surface area (Å²) in [5.74, 6) is -0.620.